The van der Waals surface area contributed by atoms with Crippen molar-refractivity contribution in [3.8, 4) is 5.75 Å². The average Bonchev–Trinajstić information content (AvgIpc) is 2.23. The van der Waals surface area contributed by atoms with Crippen LogP contribution in [0.3, 0.4) is 0 Å². The summed E-state index contributed by atoms with van der Waals surface area (Å²) in [6.07, 6.45) is 2.66. The van der Waals surface area contributed by atoms with E-state index < -0.39 is 5.54 Å². The summed E-state index contributed by atoms with van der Waals surface area (Å²) in [6.45, 7) is -0.0302. The highest BCUT2D eigenvalue weighted by atomic mass is 16.3. The first-order chi connectivity index (χ1) is 7.65. The van der Waals surface area contributed by atoms with Crippen LogP contribution in [0.5, 0.6) is 5.75 Å². The number of rotatable bonds is 3. The molecule has 1 aromatic rings. The maximum absolute atomic E-state index is 11.8. The van der Waals surface area contributed by atoms with E-state index in [0.29, 0.717) is 5.56 Å². The van der Waals surface area contributed by atoms with E-state index in [1.807, 2.05) is 0 Å². The van der Waals surface area contributed by atoms with E-state index in [-0.39, 0.29) is 18.3 Å². The molecule has 0 atom stereocenters. The maximum Gasteiger partial charge on any atom is 0.251 e. The highest BCUT2D eigenvalue weighted by Crippen LogP contribution is 2.31. The summed E-state index contributed by atoms with van der Waals surface area (Å²) in [6, 6.07) is 6.19. The maximum atomic E-state index is 11.8. The molecule has 0 heterocycles. The van der Waals surface area contributed by atoms with Crippen molar-refractivity contribution in [2.75, 3.05) is 6.61 Å². The minimum Gasteiger partial charge on any atom is -0.508 e. The lowest BCUT2D eigenvalue weighted by atomic mass is 9.77. The molecule has 0 radical (unpaired) electrons. The predicted molar refractivity (Wildman–Crippen MR) is 59.2 cm³/mol. The van der Waals surface area contributed by atoms with Gasteiger partial charge in [-0.25, -0.2) is 0 Å². The molecule has 1 aromatic carbocycles. The van der Waals surface area contributed by atoms with Gasteiger partial charge in [0.05, 0.1) is 12.1 Å². The standard InChI is InChI=1S/C12H15NO3/c14-8-12(5-2-6-12)13-11(16)9-3-1-4-10(15)7-9/h1,3-4,7,14-15H,2,5-6,8H2,(H,13,16). The smallest absolute Gasteiger partial charge is 0.251 e. The number of phenolic OH excluding ortho intramolecular Hbond substituents is 1. The molecule has 4 heteroatoms. The van der Waals surface area contributed by atoms with Crippen molar-refractivity contribution in [2.24, 2.45) is 0 Å². The first-order valence-electron chi connectivity index (χ1n) is 5.38. The molecule has 0 spiro atoms. The summed E-state index contributed by atoms with van der Waals surface area (Å²) >= 11 is 0. The molecular formula is C12H15NO3. The molecule has 1 aliphatic rings. The largest absolute Gasteiger partial charge is 0.508 e. The Bertz CT molecular complexity index is 393. The molecule has 16 heavy (non-hydrogen) atoms. The monoisotopic (exact) mass is 221 g/mol. The molecular weight excluding hydrogens is 206 g/mol. The van der Waals surface area contributed by atoms with E-state index in [0.717, 1.165) is 19.3 Å². The van der Waals surface area contributed by atoms with Gasteiger partial charge < -0.3 is 15.5 Å². The summed E-state index contributed by atoms with van der Waals surface area (Å²) in [7, 11) is 0. The summed E-state index contributed by atoms with van der Waals surface area (Å²) in [4.78, 5) is 11.8. The fourth-order valence-electron chi connectivity index (χ4n) is 1.89. The van der Waals surface area contributed by atoms with Gasteiger partial charge in [0.2, 0.25) is 0 Å². The molecule has 3 N–H and O–H groups in total. The second-order valence-corrected chi connectivity index (χ2v) is 4.30. The van der Waals surface area contributed by atoms with Gasteiger partial charge in [0.25, 0.3) is 5.91 Å². The van der Waals surface area contributed by atoms with Crippen molar-refractivity contribution in [3.05, 3.63) is 29.8 Å². The quantitative estimate of drug-likeness (QED) is 0.714. The molecule has 2 rings (SSSR count). The molecule has 0 saturated heterocycles. The highest BCUT2D eigenvalue weighted by molar-refractivity contribution is 5.95. The van der Waals surface area contributed by atoms with Crippen LogP contribution in [-0.4, -0.2) is 28.3 Å². The number of phenols is 1. The van der Waals surface area contributed by atoms with Gasteiger partial charge in [0.1, 0.15) is 5.75 Å². The number of aliphatic hydroxyl groups excluding tert-OH is 1. The number of hydrogen-bond acceptors (Lipinski definition) is 3. The molecule has 1 amide bonds. The van der Waals surface area contributed by atoms with Crippen LogP contribution in [0.1, 0.15) is 29.6 Å². The van der Waals surface area contributed by atoms with Crippen LogP contribution in [0.15, 0.2) is 24.3 Å². The SMILES string of the molecule is O=C(NC1(CO)CCC1)c1cccc(O)c1. The average molecular weight is 221 g/mol. The predicted octanol–water partition coefficient (Wildman–Crippen LogP) is 1.04. The van der Waals surface area contributed by atoms with Crippen LogP contribution in [0.4, 0.5) is 0 Å². The van der Waals surface area contributed by atoms with Crippen LogP contribution in [0, 0.1) is 0 Å². The first kappa shape index (κ1) is 11.0. The Morgan fingerprint density at radius 2 is 2.19 bits per heavy atom. The summed E-state index contributed by atoms with van der Waals surface area (Å²) in [5.74, 6) is -0.177. The summed E-state index contributed by atoms with van der Waals surface area (Å²) in [5.41, 5.74) is -0.0255. The molecule has 0 aliphatic heterocycles. The number of carbonyl (C=O) groups is 1. The zero-order valence-electron chi connectivity index (χ0n) is 8.94. The summed E-state index contributed by atoms with van der Waals surface area (Å²) < 4.78 is 0. The van der Waals surface area contributed by atoms with E-state index in [4.69, 9.17) is 0 Å². The van der Waals surface area contributed by atoms with Gasteiger partial charge in [-0.3, -0.25) is 4.79 Å². The van der Waals surface area contributed by atoms with Crippen molar-refractivity contribution in [1.29, 1.82) is 0 Å². The van der Waals surface area contributed by atoms with Crippen LogP contribution < -0.4 is 5.32 Å². The van der Waals surface area contributed by atoms with Gasteiger partial charge in [-0.2, -0.15) is 0 Å². The Morgan fingerprint density at radius 1 is 1.44 bits per heavy atom. The Hall–Kier alpha value is -1.55. The van der Waals surface area contributed by atoms with Crippen LogP contribution >= 0.6 is 0 Å². The van der Waals surface area contributed by atoms with Gasteiger partial charge in [0, 0.05) is 5.56 Å². The molecule has 86 valence electrons. The fraction of sp³-hybridized carbons (Fsp3) is 0.417. The van der Waals surface area contributed by atoms with Crippen LogP contribution in [-0.2, 0) is 0 Å². The lowest BCUT2D eigenvalue weighted by molar-refractivity contribution is 0.0641. The van der Waals surface area contributed by atoms with Gasteiger partial charge in [0.15, 0.2) is 0 Å². The molecule has 0 bridgehead atoms. The van der Waals surface area contributed by atoms with Crippen LogP contribution in [0.25, 0.3) is 0 Å². The third-order valence-corrected chi connectivity index (χ3v) is 3.10. The first-order valence-corrected chi connectivity index (χ1v) is 5.38. The molecule has 1 saturated carbocycles. The lowest BCUT2D eigenvalue weighted by Crippen LogP contribution is -2.56. The number of amides is 1. The molecule has 1 fully saturated rings. The van der Waals surface area contributed by atoms with E-state index in [1.54, 1.807) is 12.1 Å². The third kappa shape index (κ3) is 2.02. The second-order valence-electron chi connectivity index (χ2n) is 4.30. The fourth-order valence-corrected chi connectivity index (χ4v) is 1.89. The highest BCUT2D eigenvalue weighted by Gasteiger charge is 2.37. The molecule has 0 aromatic heterocycles. The number of hydrogen-bond donors (Lipinski definition) is 3. The van der Waals surface area contributed by atoms with E-state index >= 15 is 0 Å². The normalized spacial score (nSPS) is 17.6. The molecule has 0 unspecified atom stereocenters. The molecule has 4 nitrogen and oxygen atoms in total. The molecule has 1 aliphatic carbocycles. The van der Waals surface area contributed by atoms with Gasteiger partial charge >= 0.3 is 0 Å². The van der Waals surface area contributed by atoms with Crippen molar-refractivity contribution in [3.63, 3.8) is 0 Å². The number of aliphatic hydroxyl groups is 1. The minimum absolute atomic E-state index is 0.0302. The Balaban J connectivity index is 2.08. The Labute approximate surface area is 93.9 Å². The van der Waals surface area contributed by atoms with Gasteiger partial charge in [-0.05, 0) is 37.5 Å². The second kappa shape index (κ2) is 4.14. The van der Waals surface area contributed by atoms with Gasteiger partial charge in [-0.1, -0.05) is 6.07 Å². The van der Waals surface area contributed by atoms with E-state index in [1.165, 1.54) is 12.1 Å². The van der Waals surface area contributed by atoms with Gasteiger partial charge in [-0.15, -0.1) is 0 Å². The minimum atomic E-state index is -0.442. The van der Waals surface area contributed by atoms with E-state index in [9.17, 15) is 15.0 Å². The number of aromatic hydroxyl groups is 1. The third-order valence-electron chi connectivity index (χ3n) is 3.10. The lowest BCUT2D eigenvalue weighted by Gasteiger charge is -2.40. The van der Waals surface area contributed by atoms with Crippen molar-refractivity contribution < 1.29 is 15.0 Å². The topological polar surface area (TPSA) is 69.6 Å². The Morgan fingerprint density at radius 3 is 2.69 bits per heavy atom. The van der Waals surface area contributed by atoms with Crippen molar-refractivity contribution in [2.45, 2.75) is 24.8 Å². The number of benzene rings is 1. The number of carbonyl (C=O) groups excluding carboxylic acids is 1. The van der Waals surface area contributed by atoms with Crippen molar-refractivity contribution in [1.82, 2.24) is 5.32 Å². The zero-order valence-corrected chi connectivity index (χ0v) is 8.94. The Kier molecular flexibility index (Phi) is 2.83. The van der Waals surface area contributed by atoms with Crippen molar-refractivity contribution >= 4 is 5.91 Å². The van der Waals surface area contributed by atoms with Crippen LogP contribution in [0.2, 0.25) is 0 Å². The number of nitrogens with one attached hydrogen (secondary N) is 1. The van der Waals surface area contributed by atoms with E-state index in [2.05, 4.69) is 5.32 Å². The summed E-state index contributed by atoms with van der Waals surface area (Å²) in [5, 5.41) is 21.3. The zero-order chi connectivity index (χ0) is 11.6.